The van der Waals surface area contributed by atoms with Crippen molar-refractivity contribution < 1.29 is 14.7 Å². The Bertz CT molecular complexity index is 472. The zero-order valence-corrected chi connectivity index (χ0v) is 11.1. The highest BCUT2D eigenvalue weighted by Gasteiger charge is 2.43. The first kappa shape index (κ1) is 13.6. The fourth-order valence-corrected chi connectivity index (χ4v) is 2.59. The van der Waals surface area contributed by atoms with Crippen molar-refractivity contribution in [2.75, 3.05) is 13.1 Å². The molecular formula is C15H19NO3. The van der Waals surface area contributed by atoms with Gasteiger partial charge in [0.2, 0.25) is 5.91 Å². The quantitative estimate of drug-likeness (QED) is 0.881. The third kappa shape index (κ3) is 3.13. The van der Waals surface area contributed by atoms with Crippen LogP contribution in [-0.2, 0) is 16.0 Å². The maximum absolute atomic E-state index is 12.2. The summed E-state index contributed by atoms with van der Waals surface area (Å²) >= 11 is 0. The van der Waals surface area contributed by atoms with E-state index < -0.39 is 11.4 Å². The van der Waals surface area contributed by atoms with Crippen molar-refractivity contribution in [2.45, 2.75) is 26.2 Å². The van der Waals surface area contributed by atoms with Crippen molar-refractivity contribution in [1.82, 2.24) is 4.90 Å². The van der Waals surface area contributed by atoms with E-state index in [-0.39, 0.29) is 12.3 Å². The smallest absolute Gasteiger partial charge is 0.304 e. The first-order chi connectivity index (χ1) is 9.01. The van der Waals surface area contributed by atoms with Gasteiger partial charge in [-0.05, 0) is 18.4 Å². The molecule has 1 atom stereocenters. The van der Waals surface area contributed by atoms with E-state index in [9.17, 15) is 9.59 Å². The van der Waals surface area contributed by atoms with Crippen molar-refractivity contribution >= 4 is 11.9 Å². The number of likely N-dealkylation sites (tertiary alicyclic amines) is 1. The summed E-state index contributed by atoms with van der Waals surface area (Å²) in [5, 5.41) is 8.88. The van der Waals surface area contributed by atoms with Crippen LogP contribution in [-0.4, -0.2) is 35.0 Å². The minimum absolute atomic E-state index is 0.0224. The van der Waals surface area contributed by atoms with Gasteiger partial charge in [0.05, 0.1) is 11.8 Å². The number of hydrogen-bond donors (Lipinski definition) is 1. The van der Waals surface area contributed by atoms with Crippen molar-refractivity contribution in [3.05, 3.63) is 35.9 Å². The average Bonchev–Trinajstić information content (AvgIpc) is 2.64. The lowest BCUT2D eigenvalue weighted by Crippen LogP contribution is -2.35. The molecule has 1 heterocycles. The molecule has 19 heavy (non-hydrogen) atoms. The maximum atomic E-state index is 12.2. The average molecular weight is 261 g/mol. The summed E-state index contributed by atoms with van der Waals surface area (Å²) in [6.45, 7) is 3.08. The molecule has 1 saturated heterocycles. The van der Waals surface area contributed by atoms with Crippen molar-refractivity contribution in [2.24, 2.45) is 5.41 Å². The summed E-state index contributed by atoms with van der Waals surface area (Å²) < 4.78 is 0. The summed E-state index contributed by atoms with van der Waals surface area (Å²) in [7, 11) is 0. The number of carboxylic acid groups (broad SMARTS) is 1. The molecule has 0 radical (unpaired) electrons. The highest BCUT2D eigenvalue weighted by molar-refractivity contribution is 5.88. The van der Waals surface area contributed by atoms with Gasteiger partial charge >= 0.3 is 5.97 Å². The minimum atomic E-state index is -0.902. The van der Waals surface area contributed by atoms with Crippen molar-refractivity contribution in [1.29, 1.82) is 0 Å². The number of aliphatic carboxylic acids is 1. The second kappa shape index (κ2) is 5.43. The largest absolute Gasteiger partial charge is 0.481 e. The number of carboxylic acids is 1. The predicted molar refractivity (Wildman–Crippen MR) is 71.7 cm³/mol. The molecule has 4 nitrogen and oxygen atoms in total. The predicted octanol–water partition coefficient (Wildman–Crippen LogP) is 1.94. The van der Waals surface area contributed by atoms with E-state index in [2.05, 4.69) is 0 Å². The highest BCUT2D eigenvalue weighted by atomic mass is 16.4. The molecule has 0 saturated carbocycles. The molecule has 2 rings (SSSR count). The number of carbonyl (C=O) groups excluding carboxylic acids is 1. The lowest BCUT2D eigenvalue weighted by Gasteiger charge is -2.21. The molecule has 1 fully saturated rings. The van der Waals surface area contributed by atoms with Crippen LogP contribution < -0.4 is 0 Å². The van der Waals surface area contributed by atoms with Gasteiger partial charge in [-0.3, -0.25) is 9.59 Å². The zero-order chi connectivity index (χ0) is 13.9. The Labute approximate surface area is 113 Å². The molecule has 0 aromatic heterocycles. The van der Waals surface area contributed by atoms with E-state index in [4.69, 9.17) is 5.11 Å². The van der Waals surface area contributed by atoms with Gasteiger partial charge in [0.25, 0.3) is 0 Å². The van der Waals surface area contributed by atoms with Crippen LogP contribution in [0.15, 0.2) is 30.3 Å². The van der Waals surface area contributed by atoms with Gasteiger partial charge in [0.1, 0.15) is 0 Å². The van der Waals surface area contributed by atoms with Gasteiger partial charge in [0, 0.05) is 13.1 Å². The molecule has 1 amide bonds. The molecule has 1 aliphatic heterocycles. The number of nitrogens with zero attached hydrogens (tertiary/aromatic N) is 1. The monoisotopic (exact) mass is 261 g/mol. The van der Waals surface area contributed by atoms with Gasteiger partial charge in [-0.25, -0.2) is 0 Å². The second-order valence-corrected chi connectivity index (χ2v) is 5.41. The fourth-order valence-electron chi connectivity index (χ4n) is 2.59. The summed E-state index contributed by atoms with van der Waals surface area (Å²) in [6, 6.07) is 10.0. The van der Waals surface area contributed by atoms with Crippen molar-refractivity contribution in [3.63, 3.8) is 0 Å². The third-order valence-corrected chi connectivity index (χ3v) is 3.79. The van der Waals surface area contributed by atoms with Crippen LogP contribution in [0.25, 0.3) is 0 Å². The van der Waals surface area contributed by atoms with Crippen LogP contribution in [0.3, 0.4) is 0 Å². The molecular weight excluding hydrogens is 242 g/mol. The van der Waals surface area contributed by atoms with E-state index in [0.717, 1.165) is 6.42 Å². The Hall–Kier alpha value is -1.84. The molecule has 1 aromatic rings. The van der Waals surface area contributed by atoms with Crippen molar-refractivity contribution in [3.8, 4) is 0 Å². The van der Waals surface area contributed by atoms with Gasteiger partial charge in [-0.2, -0.15) is 0 Å². The van der Waals surface area contributed by atoms with Crippen LogP contribution >= 0.6 is 0 Å². The number of benzene rings is 1. The van der Waals surface area contributed by atoms with Crippen LogP contribution in [0.5, 0.6) is 0 Å². The van der Waals surface area contributed by atoms with Crippen LogP contribution in [0.4, 0.5) is 0 Å². The highest BCUT2D eigenvalue weighted by Crippen LogP contribution is 2.34. The molecule has 102 valence electrons. The molecule has 0 aliphatic carbocycles. The first-order valence-electron chi connectivity index (χ1n) is 6.56. The van der Waals surface area contributed by atoms with Crippen LogP contribution in [0.2, 0.25) is 0 Å². The standard InChI is InChI=1S/C15H19NO3/c1-15(11-13(17)18)8-10-16(14(15)19)9-7-12-5-3-2-4-6-12/h2-6H,7-11H2,1H3,(H,17,18). The summed E-state index contributed by atoms with van der Waals surface area (Å²) in [5.41, 5.74) is 0.477. The van der Waals surface area contributed by atoms with E-state index in [1.54, 1.807) is 11.8 Å². The molecule has 1 N–H and O–H groups in total. The molecule has 0 bridgehead atoms. The first-order valence-corrected chi connectivity index (χ1v) is 6.56. The summed E-state index contributed by atoms with van der Waals surface area (Å²) in [5.74, 6) is -0.924. The lowest BCUT2D eigenvalue weighted by molar-refractivity contribution is -0.145. The van der Waals surface area contributed by atoms with Gasteiger partial charge in [0.15, 0.2) is 0 Å². The molecule has 1 unspecified atom stereocenters. The summed E-state index contributed by atoms with van der Waals surface area (Å²) in [4.78, 5) is 24.9. The molecule has 1 aliphatic rings. The topological polar surface area (TPSA) is 57.6 Å². The van der Waals surface area contributed by atoms with E-state index in [0.29, 0.717) is 19.5 Å². The van der Waals surface area contributed by atoms with E-state index in [1.807, 2.05) is 30.3 Å². The molecule has 1 aromatic carbocycles. The Kier molecular flexibility index (Phi) is 3.88. The normalized spacial score (nSPS) is 22.8. The number of hydrogen-bond acceptors (Lipinski definition) is 2. The Morgan fingerprint density at radius 3 is 2.68 bits per heavy atom. The Morgan fingerprint density at radius 2 is 2.05 bits per heavy atom. The maximum Gasteiger partial charge on any atom is 0.304 e. The van der Waals surface area contributed by atoms with Gasteiger partial charge in [-0.15, -0.1) is 0 Å². The number of rotatable bonds is 5. The minimum Gasteiger partial charge on any atom is -0.481 e. The van der Waals surface area contributed by atoms with E-state index >= 15 is 0 Å². The second-order valence-electron chi connectivity index (χ2n) is 5.41. The van der Waals surface area contributed by atoms with E-state index in [1.165, 1.54) is 5.56 Å². The van der Waals surface area contributed by atoms with Gasteiger partial charge < -0.3 is 10.0 Å². The number of amides is 1. The van der Waals surface area contributed by atoms with Gasteiger partial charge in [-0.1, -0.05) is 37.3 Å². The zero-order valence-electron chi connectivity index (χ0n) is 11.1. The Morgan fingerprint density at radius 1 is 1.37 bits per heavy atom. The number of carbonyl (C=O) groups is 2. The molecule has 0 spiro atoms. The Balaban J connectivity index is 1.93. The van der Waals surface area contributed by atoms with Crippen LogP contribution in [0, 0.1) is 5.41 Å². The molecule has 4 heteroatoms. The van der Waals surface area contributed by atoms with Crippen LogP contribution in [0.1, 0.15) is 25.3 Å². The lowest BCUT2D eigenvalue weighted by atomic mass is 9.85. The fraction of sp³-hybridized carbons (Fsp3) is 0.467. The SMILES string of the molecule is CC1(CC(=O)O)CCN(CCc2ccccc2)C1=O. The third-order valence-electron chi connectivity index (χ3n) is 3.79. The summed E-state index contributed by atoms with van der Waals surface area (Å²) in [6.07, 6.45) is 1.37.